The summed E-state index contributed by atoms with van der Waals surface area (Å²) in [5.74, 6) is -2.23. The molecule has 160 valence electrons. The Morgan fingerprint density at radius 1 is 1.22 bits per heavy atom. The predicted octanol–water partition coefficient (Wildman–Crippen LogP) is 3.43. The summed E-state index contributed by atoms with van der Waals surface area (Å²) >= 11 is 0. The zero-order chi connectivity index (χ0) is 21.4. The van der Waals surface area contributed by atoms with Gasteiger partial charge in [0.15, 0.2) is 0 Å². The number of hydrogen-bond acceptors (Lipinski definition) is 3. The highest BCUT2D eigenvalue weighted by molar-refractivity contribution is 5.81. The second-order valence-corrected chi connectivity index (χ2v) is 7.85. The number of hydrogen-bond donors (Lipinski definition) is 2. The monoisotopic (exact) mass is 397 g/mol. The molecule has 0 aromatic carbocycles. The normalized spacial score (nSPS) is 18.7. The van der Waals surface area contributed by atoms with Gasteiger partial charge in [-0.25, -0.2) is 4.79 Å². The highest BCUT2D eigenvalue weighted by Crippen LogP contribution is 2.23. The van der Waals surface area contributed by atoms with Gasteiger partial charge in [0, 0.05) is 25.7 Å². The molecule has 9 heteroatoms. The molecule has 0 saturated carbocycles. The first-order valence-corrected chi connectivity index (χ1v) is 9.30. The number of likely N-dealkylation sites (tertiary alicyclic amines) is 1. The maximum absolute atomic E-state index is 11.8. The summed E-state index contributed by atoms with van der Waals surface area (Å²) in [6, 6.07) is 0.678. The van der Waals surface area contributed by atoms with Gasteiger partial charge in [-0.3, -0.25) is 4.79 Å². The number of carboxylic acid groups (broad SMARTS) is 1. The highest BCUT2D eigenvalue weighted by atomic mass is 19.4. The predicted molar refractivity (Wildman–Crippen MR) is 98.6 cm³/mol. The van der Waals surface area contributed by atoms with Crippen molar-refractivity contribution >= 4 is 12.0 Å². The standard InChI is InChI=1S/C10H23N.C8H11F3N2O3/c1-7-11(8-2)9(3)10(4,5)6;9-8(10,11)6(14)12-3-5-1-2-13(4-5)7(15)16/h9H,7-8H2,1-6H3;5H,1-4H2,(H,12,14)(H,15,16)/t;5-/m.1/s1. The Labute approximate surface area is 160 Å². The van der Waals surface area contributed by atoms with E-state index in [4.69, 9.17) is 5.11 Å². The Kier molecular flexibility index (Phi) is 10.1. The summed E-state index contributed by atoms with van der Waals surface area (Å²) in [6.07, 6.45) is -5.51. The Bertz CT molecular complexity index is 475. The van der Waals surface area contributed by atoms with Crippen LogP contribution in [-0.4, -0.2) is 71.8 Å². The Morgan fingerprint density at radius 2 is 1.74 bits per heavy atom. The molecule has 2 atom stereocenters. The molecule has 0 spiro atoms. The number of rotatable bonds is 5. The van der Waals surface area contributed by atoms with Crippen LogP contribution in [0.2, 0.25) is 0 Å². The Hall–Kier alpha value is -1.51. The molecule has 1 aliphatic rings. The van der Waals surface area contributed by atoms with Crippen molar-refractivity contribution < 1.29 is 27.9 Å². The van der Waals surface area contributed by atoms with Gasteiger partial charge >= 0.3 is 18.2 Å². The summed E-state index contributed by atoms with van der Waals surface area (Å²) in [7, 11) is 0. The first-order valence-electron chi connectivity index (χ1n) is 9.30. The molecule has 0 aromatic heterocycles. The summed E-state index contributed by atoms with van der Waals surface area (Å²) in [5, 5.41) is 10.3. The molecule has 1 rings (SSSR count). The number of carbonyl (C=O) groups is 2. The van der Waals surface area contributed by atoms with Crippen LogP contribution in [0, 0.1) is 11.3 Å². The average molecular weight is 397 g/mol. The summed E-state index contributed by atoms with van der Waals surface area (Å²) < 4.78 is 35.4. The molecule has 1 fully saturated rings. The number of nitrogens with one attached hydrogen (secondary N) is 1. The molecular formula is C18H34F3N3O3. The molecule has 2 amide bonds. The van der Waals surface area contributed by atoms with Crippen molar-refractivity contribution in [1.82, 2.24) is 15.1 Å². The molecule has 1 heterocycles. The van der Waals surface area contributed by atoms with E-state index < -0.39 is 18.2 Å². The van der Waals surface area contributed by atoms with Crippen molar-refractivity contribution in [2.75, 3.05) is 32.7 Å². The summed E-state index contributed by atoms with van der Waals surface area (Å²) in [4.78, 5) is 24.6. The highest BCUT2D eigenvalue weighted by Gasteiger charge is 2.39. The second kappa shape index (κ2) is 10.7. The topological polar surface area (TPSA) is 72.9 Å². The third-order valence-electron chi connectivity index (χ3n) is 4.98. The van der Waals surface area contributed by atoms with E-state index in [1.54, 1.807) is 5.32 Å². The molecule has 0 bridgehead atoms. The van der Waals surface area contributed by atoms with E-state index in [-0.39, 0.29) is 19.0 Å². The lowest BCUT2D eigenvalue weighted by atomic mass is 9.87. The first-order chi connectivity index (χ1) is 12.2. The molecule has 0 aromatic rings. The van der Waals surface area contributed by atoms with Crippen molar-refractivity contribution in [3.05, 3.63) is 0 Å². The number of nitrogens with zero attached hydrogens (tertiary/aromatic N) is 2. The van der Waals surface area contributed by atoms with Crippen molar-refractivity contribution in [3.63, 3.8) is 0 Å². The van der Waals surface area contributed by atoms with Gasteiger partial charge in [0.2, 0.25) is 0 Å². The van der Waals surface area contributed by atoms with Crippen LogP contribution < -0.4 is 5.32 Å². The van der Waals surface area contributed by atoms with Crippen LogP contribution in [0.15, 0.2) is 0 Å². The van der Waals surface area contributed by atoms with Crippen LogP contribution in [0.25, 0.3) is 0 Å². The molecule has 1 saturated heterocycles. The molecule has 27 heavy (non-hydrogen) atoms. The third-order valence-corrected chi connectivity index (χ3v) is 4.98. The van der Waals surface area contributed by atoms with Gasteiger partial charge in [0.25, 0.3) is 0 Å². The molecule has 1 unspecified atom stereocenters. The molecular weight excluding hydrogens is 363 g/mol. The van der Waals surface area contributed by atoms with Crippen molar-refractivity contribution in [1.29, 1.82) is 0 Å². The fourth-order valence-electron chi connectivity index (χ4n) is 2.83. The zero-order valence-electron chi connectivity index (χ0n) is 17.2. The zero-order valence-corrected chi connectivity index (χ0v) is 17.2. The van der Waals surface area contributed by atoms with E-state index in [9.17, 15) is 22.8 Å². The van der Waals surface area contributed by atoms with Crippen LogP contribution in [0.3, 0.4) is 0 Å². The van der Waals surface area contributed by atoms with Crippen molar-refractivity contribution in [3.8, 4) is 0 Å². The largest absolute Gasteiger partial charge is 0.471 e. The number of halogens is 3. The second-order valence-electron chi connectivity index (χ2n) is 7.85. The maximum atomic E-state index is 11.8. The van der Waals surface area contributed by atoms with Gasteiger partial charge in [-0.1, -0.05) is 34.6 Å². The Morgan fingerprint density at radius 3 is 2.04 bits per heavy atom. The smallest absolute Gasteiger partial charge is 0.465 e. The van der Waals surface area contributed by atoms with E-state index in [1.807, 2.05) is 0 Å². The van der Waals surface area contributed by atoms with Gasteiger partial charge in [-0.05, 0) is 37.8 Å². The number of alkyl halides is 3. The molecule has 2 N–H and O–H groups in total. The van der Waals surface area contributed by atoms with Gasteiger partial charge in [-0.2, -0.15) is 13.2 Å². The molecule has 0 aliphatic carbocycles. The van der Waals surface area contributed by atoms with E-state index in [0.29, 0.717) is 24.4 Å². The molecule has 6 nitrogen and oxygen atoms in total. The van der Waals surface area contributed by atoms with Crippen LogP contribution in [0.1, 0.15) is 48.0 Å². The third kappa shape index (κ3) is 9.30. The number of amides is 2. The summed E-state index contributed by atoms with van der Waals surface area (Å²) in [6.45, 7) is 16.3. The van der Waals surface area contributed by atoms with Gasteiger partial charge < -0.3 is 20.2 Å². The quantitative estimate of drug-likeness (QED) is 0.746. The molecule has 0 radical (unpaired) electrons. The lowest BCUT2D eigenvalue weighted by Crippen LogP contribution is -2.41. The van der Waals surface area contributed by atoms with Gasteiger partial charge in [0.1, 0.15) is 0 Å². The van der Waals surface area contributed by atoms with Crippen LogP contribution in [-0.2, 0) is 4.79 Å². The minimum Gasteiger partial charge on any atom is -0.465 e. The minimum atomic E-state index is -4.88. The van der Waals surface area contributed by atoms with Crippen LogP contribution in [0.5, 0.6) is 0 Å². The fraction of sp³-hybridized carbons (Fsp3) is 0.889. The van der Waals surface area contributed by atoms with Crippen LogP contribution >= 0.6 is 0 Å². The van der Waals surface area contributed by atoms with Crippen molar-refractivity contribution in [2.45, 2.75) is 60.2 Å². The Balaban J connectivity index is 0.000000541. The lowest BCUT2D eigenvalue weighted by molar-refractivity contribution is -0.173. The SMILES string of the molecule is CCN(CC)C(C)C(C)(C)C.O=C(O)N1CC[C@H](CNC(=O)C(F)(F)F)C1. The van der Waals surface area contributed by atoms with E-state index >= 15 is 0 Å². The van der Waals surface area contributed by atoms with E-state index in [2.05, 4.69) is 46.4 Å². The van der Waals surface area contributed by atoms with Crippen molar-refractivity contribution in [2.24, 2.45) is 11.3 Å². The maximum Gasteiger partial charge on any atom is 0.471 e. The average Bonchev–Trinajstić information content (AvgIpc) is 3.01. The van der Waals surface area contributed by atoms with Gasteiger partial charge in [-0.15, -0.1) is 0 Å². The van der Waals surface area contributed by atoms with E-state index in [0.717, 1.165) is 18.0 Å². The summed E-state index contributed by atoms with van der Waals surface area (Å²) in [5.41, 5.74) is 0.409. The lowest BCUT2D eigenvalue weighted by Gasteiger charge is -2.36. The van der Waals surface area contributed by atoms with E-state index in [1.165, 1.54) is 0 Å². The van der Waals surface area contributed by atoms with Crippen LogP contribution in [0.4, 0.5) is 18.0 Å². The van der Waals surface area contributed by atoms with Gasteiger partial charge in [0.05, 0.1) is 0 Å². The fourth-order valence-corrected chi connectivity index (χ4v) is 2.83. The first kappa shape index (κ1) is 25.5. The molecule has 1 aliphatic heterocycles. The number of carbonyl (C=O) groups excluding carboxylic acids is 1. The minimum absolute atomic E-state index is 0.151.